The molecule has 4 nitrogen and oxygen atoms in total. The van der Waals surface area contributed by atoms with E-state index in [2.05, 4.69) is 5.32 Å². The molecule has 0 aromatic heterocycles. The molecule has 5 heteroatoms. The number of halogens is 1. The van der Waals surface area contributed by atoms with Gasteiger partial charge >= 0.3 is 0 Å². The molecule has 0 saturated heterocycles. The van der Waals surface area contributed by atoms with Gasteiger partial charge in [-0.05, 0) is 30.3 Å². The number of benzene rings is 2. The average molecular weight is 274 g/mol. The lowest BCUT2D eigenvalue weighted by atomic mass is 10.1. The van der Waals surface area contributed by atoms with Crippen LogP contribution in [0.2, 0.25) is 5.02 Å². The molecule has 0 unspecified atom stereocenters. The fraction of sp³-hybridized carbons (Fsp3) is 0.0714. The van der Waals surface area contributed by atoms with Crippen LogP contribution in [-0.4, -0.2) is 7.11 Å². The van der Waals surface area contributed by atoms with Crippen molar-refractivity contribution in [3.8, 4) is 11.8 Å². The van der Waals surface area contributed by atoms with Gasteiger partial charge in [-0.1, -0.05) is 11.6 Å². The third-order valence-electron chi connectivity index (χ3n) is 2.63. The summed E-state index contributed by atoms with van der Waals surface area (Å²) in [6, 6.07) is 12.5. The van der Waals surface area contributed by atoms with Crippen LogP contribution in [-0.2, 0) is 0 Å². The van der Waals surface area contributed by atoms with E-state index in [9.17, 15) is 0 Å². The van der Waals surface area contributed by atoms with Crippen molar-refractivity contribution >= 4 is 28.7 Å². The van der Waals surface area contributed by atoms with E-state index in [-0.39, 0.29) is 0 Å². The molecular formula is C14H12ClN3O. The van der Waals surface area contributed by atoms with Crippen molar-refractivity contribution in [2.75, 3.05) is 18.2 Å². The van der Waals surface area contributed by atoms with Crippen LogP contribution in [0.3, 0.4) is 0 Å². The van der Waals surface area contributed by atoms with Gasteiger partial charge in [0.25, 0.3) is 0 Å². The summed E-state index contributed by atoms with van der Waals surface area (Å²) in [6.07, 6.45) is 0. The molecule has 0 fully saturated rings. The summed E-state index contributed by atoms with van der Waals surface area (Å²) in [5.41, 5.74) is 7.98. The number of nitrogen functional groups attached to an aromatic ring is 1. The number of nitriles is 1. The zero-order chi connectivity index (χ0) is 13.8. The molecule has 2 aromatic rings. The summed E-state index contributed by atoms with van der Waals surface area (Å²) in [5, 5.41) is 12.6. The quantitative estimate of drug-likeness (QED) is 0.839. The predicted molar refractivity (Wildman–Crippen MR) is 76.9 cm³/mol. The number of methoxy groups -OCH3 is 1. The maximum Gasteiger partial charge on any atom is 0.121 e. The number of hydrogen-bond acceptors (Lipinski definition) is 4. The Kier molecular flexibility index (Phi) is 3.79. The van der Waals surface area contributed by atoms with Crippen LogP contribution in [0.25, 0.3) is 0 Å². The van der Waals surface area contributed by atoms with Crippen LogP contribution >= 0.6 is 11.6 Å². The van der Waals surface area contributed by atoms with Crippen molar-refractivity contribution < 1.29 is 4.74 Å². The highest BCUT2D eigenvalue weighted by atomic mass is 35.5. The van der Waals surface area contributed by atoms with E-state index in [1.54, 1.807) is 43.5 Å². The summed E-state index contributed by atoms with van der Waals surface area (Å²) in [4.78, 5) is 0. The van der Waals surface area contributed by atoms with Gasteiger partial charge in [-0.15, -0.1) is 0 Å². The van der Waals surface area contributed by atoms with Crippen LogP contribution in [0.1, 0.15) is 5.56 Å². The Morgan fingerprint density at radius 1 is 1.26 bits per heavy atom. The zero-order valence-corrected chi connectivity index (χ0v) is 11.0. The second kappa shape index (κ2) is 5.51. The molecule has 0 aliphatic heterocycles. The first-order chi connectivity index (χ1) is 9.13. The molecule has 0 aliphatic rings. The second-order valence-corrected chi connectivity index (χ2v) is 4.29. The number of nitrogens with two attached hydrogens (primary N) is 1. The maximum atomic E-state index is 8.94. The fourth-order valence-corrected chi connectivity index (χ4v) is 1.78. The Morgan fingerprint density at radius 3 is 2.74 bits per heavy atom. The van der Waals surface area contributed by atoms with Gasteiger partial charge in [0.1, 0.15) is 11.8 Å². The first kappa shape index (κ1) is 13.1. The Hall–Kier alpha value is -2.38. The van der Waals surface area contributed by atoms with E-state index in [0.29, 0.717) is 27.7 Å². The van der Waals surface area contributed by atoms with Crippen LogP contribution in [0, 0.1) is 11.3 Å². The van der Waals surface area contributed by atoms with Crippen LogP contribution in [0.4, 0.5) is 17.1 Å². The van der Waals surface area contributed by atoms with Gasteiger partial charge in [0.15, 0.2) is 0 Å². The first-order valence-corrected chi connectivity index (χ1v) is 5.92. The lowest BCUT2D eigenvalue weighted by Gasteiger charge is -2.11. The second-order valence-electron chi connectivity index (χ2n) is 3.88. The number of anilines is 3. The number of nitrogens with one attached hydrogen (secondary N) is 1. The van der Waals surface area contributed by atoms with E-state index >= 15 is 0 Å². The highest BCUT2D eigenvalue weighted by molar-refractivity contribution is 6.33. The summed E-state index contributed by atoms with van der Waals surface area (Å²) in [5.74, 6) is 0.697. The Balaban J connectivity index is 2.33. The molecule has 3 N–H and O–H groups in total. The lowest BCUT2D eigenvalue weighted by molar-refractivity contribution is 0.415. The third-order valence-corrected chi connectivity index (χ3v) is 2.96. The van der Waals surface area contributed by atoms with E-state index in [4.69, 9.17) is 27.3 Å². The van der Waals surface area contributed by atoms with E-state index in [0.717, 1.165) is 5.69 Å². The molecule has 0 atom stereocenters. The number of nitrogens with zero attached hydrogens (tertiary/aromatic N) is 1. The Bertz CT molecular complexity index is 650. The molecule has 0 heterocycles. The molecule has 2 rings (SSSR count). The summed E-state index contributed by atoms with van der Waals surface area (Å²) in [6.45, 7) is 0. The standard InChI is InChI=1S/C14H12ClN3O/c1-19-11-3-4-12(15)14(7-11)18-10-2-5-13(17)9(6-10)8-16/h2-7,18H,17H2,1H3. The molecule has 0 saturated carbocycles. The number of rotatable bonds is 3. The lowest BCUT2D eigenvalue weighted by Crippen LogP contribution is -1.95. The van der Waals surface area contributed by atoms with Crippen molar-refractivity contribution in [2.24, 2.45) is 0 Å². The SMILES string of the molecule is COc1ccc(Cl)c(Nc2ccc(N)c(C#N)c2)c1. The van der Waals surface area contributed by atoms with Crippen molar-refractivity contribution in [3.05, 3.63) is 47.0 Å². The number of ether oxygens (including phenoxy) is 1. The van der Waals surface area contributed by atoms with Gasteiger partial charge in [0, 0.05) is 17.4 Å². The molecule has 0 amide bonds. The monoisotopic (exact) mass is 273 g/mol. The smallest absolute Gasteiger partial charge is 0.121 e. The van der Waals surface area contributed by atoms with Crippen LogP contribution < -0.4 is 15.8 Å². The highest BCUT2D eigenvalue weighted by Crippen LogP contribution is 2.30. The maximum absolute atomic E-state index is 8.94. The van der Waals surface area contributed by atoms with Crippen LogP contribution in [0.5, 0.6) is 5.75 Å². The van der Waals surface area contributed by atoms with Gasteiger partial charge in [0.05, 0.1) is 23.4 Å². The minimum absolute atomic E-state index is 0.420. The summed E-state index contributed by atoms with van der Waals surface area (Å²) < 4.78 is 5.14. The van der Waals surface area contributed by atoms with E-state index < -0.39 is 0 Å². The fourth-order valence-electron chi connectivity index (χ4n) is 1.61. The average Bonchev–Trinajstić information content (AvgIpc) is 2.43. The van der Waals surface area contributed by atoms with Crippen molar-refractivity contribution in [2.45, 2.75) is 0 Å². The van der Waals surface area contributed by atoms with Gasteiger partial charge in [-0.3, -0.25) is 0 Å². The third kappa shape index (κ3) is 2.90. The molecule has 0 bridgehead atoms. The minimum Gasteiger partial charge on any atom is -0.497 e. The van der Waals surface area contributed by atoms with Crippen molar-refractivity contribution in [1.29, 1.82) is 5.26 Å². The van der Waals surface area contributed by atoms with Gasteiger partial charge in [-0.25, -0.2) is 0 Å². The molecule has 2 aromatic carbocycles. The Labute approximate surface area is 116 Å². The first-order valence-electron chi connectivity index (χ1n) is 5.54. The zero-order valence-electron chi connectivity index (χ0n) is 10.3. The summed E-state index contributed by atoms with van der Waals surface area (Å²) >= 11 is 6.10. The van der Waals surface area contributed by atoms with Gasteiger partial charge in [-0.2, -0.15) is 5.26 Å². The topological polar surface area (TPSA) is 71.1 Å². The van der Waals surface area contributed by atoms with Crippen LogP contribution in [0.15, 0.2) is 36.4 Å². The molecule has 0 aliphatic carbocycles. The molecule has 0 radical (unpaired) electrons. The normalized spacial score (nSPS) is 9.74. The minimum atomic E-state index is 0.420. The molecular weight excluding hydrogens is 262 g/mol. The van der Waals surface area contributed by atoms with E-state index in [1.165, 1.54) is 0 Å². The Morgan fingerprint density at radius 2 is 2.05 bits per heavy atom. The van der Waals surface area contributed by atoms with Gasteiger partial charge < -0.3 is 15.8 Å². The van der Waals surface area contributed by atoms with Crippen molar-refractivity contribution in [3.63, 3.8) is 0 Å². The molecule has 96 valence electrons. The van der Waals surface area contributed by atoms with E-state index in [1.807, 2.05) is 6.07 Å². The molecule has 19 heavy (non-hydrogen) atoms. The summed E-state index contributed by atoms with van der Waals surface area (Å²) in [7, 11) is 1.59. The molecule has 0 spiro atoms. The van der Waals surface area contributed by atoms with Gasteiger partial charge in [0.2, 0.25) is 0 Å². The van der Waals surface area contributed by atoms with Crippen molar-refractivity contribution in [1.82, 2.24) is 0 Å². The predicted octanol–water partition coefficient (Wildman–Crippen LogP) is 3.55. The highest BCUT2D eigenvalue weighted by Gasteiger charge is 2.05. The largest absolute Gasteiger partial charge is 0.497 e. The number of hydrogen-bond donors (Lipinski definition) is 2.